The van der Waals surface area contributed by atoms with Crippen molar-refractivity contribution in [1.82, 2.24) is 10.2 Å². The molecule has 1 amide bonds. The number of nitrogens with two attached hydrogens (primary N) is 1. The minimum atomic E-state index is -0.627. The maximum atomic E-state index is 12.3. The molecule has 1 saturated carbocycles. The predicted molar refractivity (Wildman–Crippen MR) is 84.5 cm³/mol. The quantitative estimate of drug-likeness (QED) is 0.713. The number of hydrogen-bond acceptors (Lipinski definition) is 4. The van der Waals surface area contributed by atoms with Crippen LogP contribution in [0.1, 0.15) is 52.9 Å². The summed E-state index contributed by atoms with van der Waals surface area (Å²) in [6.07, 6.45) is 4.59. The molecule has 0 spiro atoms. The van der Waals surface area contributed by atoms with E-state index in [2.05, 4.69) is 37.1 Å². The van der Waals surface area contributed by atoms with Crippen LogP contribution in [-0.4, -0.2) is 42.5 Å². The van der Waals surface area contributed by atoms with Crippen LogP contribution in [0.4, 0.5) is 0 Å². The predicted octanol–water partition coefficient (Wildman–Crippen LogP) is 1.64. The van der Waals surface area contributed by atoms with Gasteiger partial charge in [0.25, 0.3) is 0 Å². The van der Waals surface area contributed by atoms with Crippen molar-refractivity contribution in [1.29, 1.82) is 5.26 Å². The van der Waals surface area contributed by atoms with Crippen LogP contribution in [0, 0.1) is 16.7 Å². The fourth-order valence-corrected chi connectivity index (χ4v) is 2.95. The molecule has 0 aromatic heterocycles. The van der Waals surface area contributed by atoms with Gasteiger partial charge in [0.15, 0.2) is 0 Å². The van der Waals surface area contributed by atoms with E-state index >= 15 is 0 Å². The molecule has 120 valence electrons. The third-order valence-corrected chi connectivity index (χ3v) is 4.16. The molecule has 0 bridgehead atoms. The number of nitriles is 1. The van der Waals surface area contributed by atoms with E-state index < -0.39 is 5.54 Å². The molecule has 0 atom stereocenters. The summed E-state index contributed by atoms with van der Waals surface area (Å²) in [5.41, 5.74) is 5.16. The fourth-order valence-electron chi connectivity index (χ4n) is 2.95. The number of amides is 1. The minimum Gasteiger partial charge on any atom is -0.337 e. The lowest BCUT2D eigenvalue weighted by atomic mass is 9.93. The van der Waals surface area contributed by atoms with Gasteiger partial charge in [-0.25, -0.2) is 0 Å². The summed E-state index contributed by atoms with van der Waals surface area (Å²) in [5.74, 6) is -0.0419. The van der Waals surface area contributed by atoms with E-state index in [4.69, 9.17) is 5.73 Å². The molecule has 0 aromatic rings. The monoisotopic (exact) mass is 294 g/mol. The summed E-state index contributed by atoms with van der Waals surface area (Å²) in [6, 6.07) is 2.30. The van der Waals surface area contributed by atoms with Crippen LogP contribution in [-0.2, 0) is 4.79 Å². The summed E-state index contributed by atoms with van der Waals surface area (Å²) in [4.78, 5) is 14.4. The van der Waals surface area contributed by atoms with Crippen molar-refractivity contribution < 1.29 is 4.79 Å². The van der Waals surface area contributed by atoms with Crippen molar-refractivity contribution in [2.75, 3.05) is 26.2 Å². The molecule has 1 rings (SSSR count). The zero-order valence-electron chi connectivity index (χ0n) is 13.7. The summed E-state index contributed by atoms with van der Waals surface area (Å²) in [6.45, 7) is 8.94. The SMILES string of the molecule is CCCN(CC(=O)NC1(C#N)CCCC1)CC(C)(C)CN. The molecule has 0 heterocycles. The maximum Gasteiger partial charge on any atom is 0.235 e. The van der Waals surface area contributed by atoms with Crippen molar-refractivity contribution in [3.63, 3.8) is 0 Å². The molecular weight excluding hydrogens is 264 g/mol. The van der Waals surface area contributed by atoms with E-state index in [1.54, 1.807) is 0 Å². The number of carbonyl (C=O) groups excluding carboxylic acids is 1. The normalized spacial score (nSPS) is 17.7. The van der Waals surface area contributed by atoms with Gasteiger partial charge in [0.05, 0.1) is 12.6 Å². The summed E-state index contributed by atoms with van der Waals surface area (Å²) < 4.78 is 0. The van der Waals surface area contributed by atoms with E-state index in [0.29, 0.717) is 13.1 Å². The zero-order chi connectivity index (χ0) is 15.9. The van der Waals surface area contributed by atoms with Crippen LogP contribution in [0.25, 0.3) is 0 Å². The molecule has 5 nitrogen and oxygen atoms in total. The lowest BCUT2D eigenvalue weighted by molar-refractivity contribution is -0.123. The van der Waals surface area contributed by atoms with E-state index in [0.717, 1.165) is 45.2 Å². The zero-order valence-corrected chi connectivity index (χ0v) is 13.7. The van der Waals surface area contributed by atoms with E-state index in [9.17, 15) is 10.1 Å². The van der Waals surface area contributed by atoms with Crippen molar-refractivity contribution in [2.24, 2.45) is 11.1 Å². The molecule has 0 aromatic carbocycles. The second kappa shape index (κ2) is 7.77. The van der Waals surface area contributed by atoms with E-state index in [-0.39, 0.29) is 11.3 Å². The summed E-state index contributed by atoms with van der Waals surface area (Å²) >= 11 is 0. The molecule has 5 heteroatoms. The van der Waals surface area contributed by atoms with Crippen LogP contribution < -0.4 is 11.1 Å². The van der Waals surface area contributed by atoms with Crippen LogP contribution in [0.2, 0.25) is 0 Å². The Morgan fingerprint density at radius 2 is 2.05 bits per heavy atom. The number of rotatable bonds is 8. The Labute approximate surface area is 128 Å². The molecule has 1 fully saturated rings. The number of nitrogens with zero attached hydrogens (tertiary/aromatic N) is 2. The van der Waals surface area contributed by atoms with Crippen molar-refractivity contribution in [3.8, 4) is 6.07 Å². The highest BCUT2D eigenvalue weighted by Crippen LogP contribution is 2.28. The van der Waals surface area contributed by atoms with Gasteiger partial charge in [-0.2, -0.15) is 5.26 Å². The number of nitrogens with one attached hydrogen (secondary N) is 1. The van der Waals surface area contributed by atoms with Crippen LogP contribution in [0.3, 0.4) is 0 Å². The highest BCUT2D eigenvalue weighted by molar-refractivity contribution is 5.79. The largest absolute Gasteiger partial charge is 0.337 e. The van der Waals surface area contributed by atoms with Gasteiger partial charge in [-0.15, -0.1) is 0 Å². The average molecular weight is 294 g/mol. The second-order valence-electron chi connectivity index (χ2n) is 7.03. The van der Waals surface area contributed by atoms with E-state index in [1.165, 1.54) is 0 Å². The van der Waals surface area contributed by atoms with E-state index in [1.807, 2.05) is 0 Å². The Kier molecular flexibility index (Phi) is 6.63. The second-order valence-corrected chi connectivity index (χ2v) is 7.03. The average Bonchev–Trinajstić information content (AvgIpc) is 2.87. The molecule has 0 unspecified atom stereocenters. The highest BCUT2D eigenvalue weighted by Gasteiger charge is 2.35. The molecule has 21 heavy (non-hydrogen) atoms. The molecule has 1 aliphatic carbocycles. The molecule has 0 radical (unpaired) electrons. The molecular formula is C16H30N4O. The standard InChI is InChI=1S/C16H30N4O/c1-4-9-20(13-15(2,3)11-17)10-14(21)19-16(12-18)7-5-6-8-16/h4-11,13,17H2,1-3H3,(H,19,21). The van der Waals surface area contributed by atoms with Gasteiger partial charge in [-0.05, 0) is 50.6 Å². The smallest absolute Gasteiger partial charge is 0.235 e. The Balaban J connectivity index is 2.58. The minimum absolute atomic E-state index is 0.00424. The summed E-state index contributed by atoms with van der Waals surface area (Å²) in [5, 5.41) is 12.3. The molecule has 0 aliphatic heterocycles. The van der Waals surface area contributed by atoms with Crippen LogP contribution >= 0.6 is 0 Å². The maximum absolute atomic E-state index is 12.3. The third kappa shape index (κ3) is 5.64. The Morgan fingerprint density at radius 3 is 2.52 bits per heavy atom. The van der Waals surface area contributed by atoms with Gasteiger partial charge in [0, 0.05) is 6.54 Å². The van der Waals surface area contributed by atoms with Crippen LogP contribution in [0.5, 0.6) is 0 Å². The van der Waals surface area contributed by atoms with Crippen molar-refractivity contribution in [2.45, 2.75) is 58.4 Å². The first-order chi connectivity index (χ1) is 9.86. The van der Waals surface area contributed by atoms with Gasteiger partial charge >= 0.3 is 0 Å². The molecule has 0 saturated heterocycles. The molecule has 3 N–H and O–H groups in total. The first kappa shape index (κ1) is 17.9. The Hall–Kier alpha value is -1.12. The van der Waals surface area contributed by atoms with Gasteiger partial charge in [0.2, 0.25) is 5.91 Å². The lowest BCUT2D eigenvalue weighted by Crippen LogP contribution is -2.50. The molecule has 1 aliphatic rings. The number of hydrogen-bond donors (Lipinski definition) is 2. The Bertz CT molecular complexity index is 380. The topological polar surface area (TPSA) is 82.2 Å². The fraction of sp³-hybridized carbons (Fsp3) is 0.875. The number of carbonyl (C=O) groups is 1. The van der Waals surface area contributed by atoms with Crippen molar-refractivity contribution in [3.05, 3.63) is 0 Å². The highest BCUT2D eigenvalue weighted by atomic mass is 16.2. The Morgan fingerprint density at radius 1 is 1.43 bits per heavy atom. The first-order valence-corrected chi connectivity index (χ1v) is 8.01. The first-order valence-electron chi connectivity index (χ1n) is 8.01. The van der Waals surface area contributed by atoms with Gasteiger partial charge in [0.1, 0.15) is 5.54 Å². The lowest BCUT2D eigenvalue weighted by Gasteiger charge is -2.32. The van der Waals surface area contributed by atoms with Crippen LogP contribution in [0.15, 0.2) is 0 Å². The third-order valence-electron chi connectivity index (χ3n) is 4.16. The van der Waals surface area contributed by atoms with Crippen molar-refractivity contribution >= 4 is 5.91 Å². The van der Waals surface area contributed by atoms with Gasteiger partial charge in [-0.3, -0.25) is 9.69 Å². The van der Waals surface area contributed by atoms with Gasteiger partial charge < -0.3 is 11.1 Å². The summed E-state index contributed by atoms with van der Waals surface area (Å²) in [7, 11) is 0. The van der Waals surface area contributed by atoms with Gasteiger partial charge in [-0.1, -0.05) is 20.8 Å².